The van der Waals surface area contributed by atoms with Gasteiger partial charge in [0.05, 0.1) is 0 Å². The van der Waals surface area contributed by atoms with Crippen molar-refractivity contribution < 1.29 is 0 Å². The molecule has 106 valence electrons. The van der Waals surface area contributed by atoms with E-state index in [0.717, 1.165) is 26.6 Å². The third-order valence-corrected chi connectivity index (χ3v) is 4.93. The number of hydrogen-bond acceptors (Lipinski definition) is 4. The molecule has 0 spiro atoms. The van der Waals surface area contributed by atoms with E-state index in [1.54, 1.807) is 11.8 Å². The van der Waals surface area contributed by atoms with E-state index in [4.69, 9.17) is 5.73 Å². The van der Waals surface area contributed by atoms with Crippen molar-refractivity contribution in [3.05, 3.63) is 51.3 Å². The Balaban J connectivity index is 2.27. The van der Waals surface area contributed by atoms with Crippen LogP contribution in [-0.4, -0.2) is 16.5 Å². The largest absolute Gasteiger partial charge is 0.329 e. The molecule has 0 saturated heterocycles. The minimum absolute atomic E-state index is 0.161. The lowest BCUT2D eigenvalue weighted by molar-refractivity contribution is 0.863. The predicted molar refractivity (Wildman–Crippen MR) is 88.0 cm³/mol. The highest BCUT2D eigenvalue weighted by atomic mass is 79.9. The topological polar surface area (TPSA) is 51.8 Å². The molecule has 1 aromatic carbocycles. The molecule has 2 rings (SSSR count). The van der Waals surface area contributed by atoms with Crippen LogP contribution in [0.2, 0.25) is 0 Å². The minimum atomic E-state index is 0.161. The van der Waals surface area contributed by atoms with Crippen molar-refractivity contribution in [1.82, 2.24) is 9.97 Å². The van der Waals surface area contributed by atoms with Crippen LogP contribution in [0.4, 0.5) is 0 Å². The van der Waals surface area contributed by atoms with Crippen LogP contribution in [0.25, 0.3) is 0 Å². The summed E-state index contributed by atoms with van der Waals surface area (Å²) in [5.41, 5.74) is 10.3. The highest BCUT2D eigenvalue weighted by molar-refractivity contribution is 9.10. The number of benzene rings is 1. The quantitative estimate of drug-likeness (QED) is 0.669. The molecule has 0 aliphatic carbocycles. The van der Waals surface area contributed by atoms with Gasteiger partial charge in [0.15, 0.2) is 5.16 Å². The lowest BCUT2D eigenvalue weighted by Crippen LogP contribution is -2.10. The molecule has 1 atom stereocenters. The number of halogens is 1. The third kappa shape index (κ3) is 3.59. The number of thioether (sulfide) groups is 1. The molecule has 0 saturated carbocycles. The van der Waals surface area contributed by atoms with Gasteiger partial charge in [0.25, 0.3) is 0 Å². The molecule has 1 aromatic heterocycles. The average Bonchev–Trinajstić information content (AvgIpc) is 2.42. The summed E-state index contributed by atoms with van der Waals surface area (Å²) in [4.78, 5) is 9.11. The highest BCUT2D eigenvalue weighted by Crippen LogP contribution is 2.34. The molecule has 3 nitrogen and oxygen atoms in total. The monoisotopic (exact) mass is 351 g/mol. The molecule has 0 radical (unpaired) electrons. The van der Waals surface area contributed by atoms with Gasteiger partial charge in [0.1, 0.15) is 0 Å². The Morgan fingerprint density at radius 1 is 1.20 bits per heavy atom. The Hall–Kier alpha value is -0.910. The number of aromatic nitrogens is 2. The van der Waals surface area contributed by atoms with E-state index in [2.05, 4.69) is 38.0 Å². The Bertz CT molecular complexity index is 593. The Morgan fingerprint density at radius 3 is 2.40 bits per heavy atom. The Labute approximate surface area is 132 Å². The van der Waals surface area contributed by atoms with Crippen LogP contribution in [-0.2, 0) is 0 Å². The van der Waals surface area contributed by atoms with Crippen LogP contribution in [0.3, 0.4) is 0 Å². The summed E-state index contributed by atoms with van der Waals surface area (Å²) in [7, 11) is 0. The second-order valence-electron chi connectivity index (χ2n) is 4.70. The van der Waals surface area contributed by atoms with Crippen LogP contribution < -0.4 is 5.73 Å². The van der Waals surface area contributed by atoms with Crippen LogP contribution in [0.15, 0.2) is 33.9 Å². The first-order valence-corrected chi connectivity index (χ1v) is 8.12. The summed E-state index contributed by atoms with van der Waals surface area (Å²) in [6, 6.07) is 8.22. The van der Waals surface area contributed by atoms with Gasteiger partial charge in [0.2, 0.25) is 0 Å². The first-order valence-electron chi connectivity index (χ1n) is 6.45. The molecular weight excluding hydrogens is 334 g/mol. The zero-order chi connectivity index (χ0) is 14.7. The first-order chi connectivity index (χ1) is 9.51. The molecule has 5 heteroatoms. The van der Waals surface area contributed by atoms with Gasteiger partial charge in [0, 0.05) is 27.7 Å². The van der Waals surface area contributed by atoms with Gasteiger partial charge < -0.3 is 5.73 Å². The fourth-order valence-electron chi connectivity index (χ4n) is 1.88. The molecule has 20 heavy (non-hydrogen) atoms. The third-order valence-electron chi connectivity index (χ3n) is 3.29. The van der Waals surface area contributed by atoms with E-state index >= 15 is 0 Å². The van der Waals surface area contributed by atoms with Gasteiger partial charge in [-0.2, -0.15) is 0 Å². The molecule has 0 fully saturated rings. The predicted octanol–water partition coefficient (Wildman–Crippen LogP) is 3.96. The lowest BCUT2D eigenvalue weighted by atomic mass is 10.1. The van der Waals surface area contributed by atoms with E-state index in [-0.39, 0.29) is 5.25 Å². The van der Waals surface area contributed by atoms with Crippen LogP contribution in [0.1, 0.15) is 27.8 Å². The van der Waals surface area contributed by atoms with E-state index < -0.39 is 0 Å². The van der Waals surface area contributed by atoms with E-state index in [0.29, 0.717) is 6.54 Å². The Morgan fingerprint density at radius 2 is 1.85 bits per heavy atom. The smallest absolute Gasteiger partial charge is 0.188 e. The van der Waals surface area contributed by atoms with Crippen LogP contribution in [0, 0.1) is 20.8 Å². The zero-order valence-electron chi connectivity index (χ0n) is 11.9. The first kappa shape index (κ1) is 15.5. The summed E-state index contributed by atoms with van der Waals surface area (Å²) in [6.07, 6.45) is 0. The fraction of sp³-hybridized carbons (Fsp3) is 0.333. The molecule has 0 bridgehead atoms. The summed E-state index contributed by atoms with van der Waals surface area (Å²) >= 11 is 5.12. The van der Waals surface area contributed by atoms with Crippen molar-refractivity contribution in [2.24, 2.45) is 5.73 Å². The molecule has 0 aliphatic rings. The summed E-state index contributed by atoms with van der Waals surface area (Å²) in [6.45, 7) is 6.64. The molecule has 2 N–H and O–H groups in total. The molecule has 0 aliphatic heterocycles. The number of nitrogens with zero attached hydrogens (tertiary/aromatic N) is 2. The highest BCUT2D eigenvalue weighted by Gasteiger charge is 2.15. The molecule has 2 aromatic rings. The Kier molecular flexibility index (Phi) is 5.18. The molecular formula is C15H18BrN3S. The van der Waals surface area contributed by atoms with Gasteiger partial charge in [-0.15, -0.1) is 0 Å². The number of hydrogen-bond donors (Lipinski definition) is 1. The van der Waals surface area contributed by atoms with Crippen LogP contribution in [0.5, 0.6) is 0 Å². The van der Waals surface area contributed by atoms with E-state index in [1.165, 1.54) is 5.56 Å². The van der Waals surface area contributed by atoms with Gasteiger partial charge in [-0.25, -0.2) is 9.97 Å². The second-order valence-corrected chi connectivity index (χ2v) is 6.78. The maximum absolute atomic E-state index is 5.92. The van der Waals surface area contributed by atoms with Crippen molar-refractivity contribution in [2.75, 3.05) is 6.54 Å². The van der Waals surface area contributed by atoms with Crippen molar-refractivity contribution in [1.29, 1.82) is 0 Å². The van der Waals surface area contributed by atoms with Crippen LogP contribution >= 0.6 is 27.7 Å². The number of aryl methyl sites for hydroxylation is 2. The van der Waals surface area contributed by atoms with Gasteiger partial charge in [-0.1, -0.05) is 39.8 Å². The zero-order valence-corrected chi connectivity index (χ0v) is 14.3. The van der Waals surface area contributed by atoms with Gasteiger partial charge >= 0.3 is 0 Å². The average molecular weight is 352 g/mol. The van der Waals surface area contributed by atoms with Crippen molar-refractivity contribution in [3.63, 3.8) is 0 Å². The summed E-state index contributed by atoms with van der Waals surface area (Å²) < 4.78 is 1.06. The van der Waals surface area contributed by atoms with Crippen molar-refractivity contribution in [3.8, 4) is 0 Å². The second kappa shape index (κ2) is 6.70. The SMILES string of the molecule is Cc1nc(SC(CN)c2cccc(Br)c2)nc(C)c1C. The van der Waals surface area contributed by atoms with E-state index in [1.807, 2.05) is 32.9 Å². The van der Waals surface area contributed by atoms with E-state index in [9.17, 15) is 0 Å². The summed E-state index contributed by atoms with van der Waals surface area (Å²) in [5, 5.41) is 0.954. The van der Waals surface area contributed by atoms with Gasteiger partial charge in [-0.05, 0) is 44.0 Å². The molecule has 0 amide bonds. The van der Waals surface area contributed by atoms with Crippen molar-refractivity contribution >= 4 is 27.7 Å². The normalized spacial score (nSPS) is 12.4. The number of nitrogens with two attached hydrogens (primary N) is 1. The fourth-order valence-corrected chi connectivity index (χ4v) is 3.31. The standard InChI is InChI=1S/C15H18BrN3S/c1-9-10(2)18-15(19-11(9)3)20-14(8-17)12-5-4-6-13(16)7-12/h4-7,14H,8,17H2,1-3H3. The minimum Gasteiger partial charge on any atom is -0.329 e. The van der Waals surface area contributed by atoms with Crippen molar-refractivity contribution in [2.45, 2.75) is 31.2 Å². The number of rotatable bonds is 4. The lowest BCUT2D eigenvalue weighted by Gasteiger charge is -2.15. The molecule has 1 unspecified atom stereocenters. The summed E-state index contributed by atoms with van der Waals surface area (Å²) in [5.74, 6) is 0. The maximum atomic E-state index is 5.92. The van der Waals surface area contributed by atoms with Gasteiger partial charge in [-0.3, -0.25) is 0 Å². The molecule has 1 heterocycles. The maximum Gasteiger partial charge on any atom is 0.188 e.